The van der Waals surface area contributed by atoms with Crippen LogP contribution in [0.2, 0.25) is 0 Å². The summed E-state index contributed by atoms with van der Waals surface area (Å²) in [6, 6.07) is 5.07. The second-order valence-corrected chi connectivity index (χ2v) is 6.22. The second-order valence-electron chi connectivity index (χ2n) is 3.63. The minimum atomic E-state index is -3.50. The van der Waals surface area contributed by atoms with Crippen LogP contribution in [-0.2, 0) is 10.2 Å². The quantitative estimate of drug-likeness (QED) is 0.817. The molecule has 17 heavy (non-hydrogen) atoms. The van der Waals surface area contributed by atoms with Crippen molar-refractivity contribution in [1.82, 2.24) is 9.29 Å². The Morgan fingerprint density at radius 3 is 2.76 bits per heavy atom. The van der Waals surface area contributed by atoms with E-state index in [-0.39, 0.29) is 0 Å². The van der Waals surface area contributed by atoms with Crippen molar-refractivity contribution in [3.05, 3.63) is 22.8 Å². The van der Waals surface area contributed by atoms with Crippen LogP contribution in [0.5, 0.6) is 0 Å². The Morgan fingerprint density at radius 2 is 2.18 bits per heavy atom. The van der Waals surface area contributed by atoms with Crippen molar-refractivity contribution in [2.75, 3.05) is 18.3 Å². The molecule has 1 aromatic heterocycles. The Balaban J connectivity index is 2.72. The van der Waals surface area contributed by atoms with E-state index in [1.54, 1.807) is 25.2 Å². The first-order chi connectivity index (χ1) is 7.95. The van der Waals surface area contributed by atoms with Gasteiger partial charge in [-0.1, -0.05) is 19.4 Å². The summed E-state index contributed by atoms with van der Waals surface area (Å²) >= 11 is 3.19. The first-order valence-corrected chi connectivity index (χ1v) is 7.55. The summed E-state index contributed by atoms with van der Waals surface area (Å²) in [6.45, 7) is 2.52. The van der Waals surface area contributed by atoms with Gasteiger partial charge in [-0.25, -0.2) is 4.98 Å². The lowest BCUT2D eigenvalue weighted by molar-refractivity contribution is 0.463. The number of anilines is 1. The van der Waals surface area contributed by atoms with Crippen LogP contribution in [-0.4, -0.2) is 31.3 Å². The van der Waals surface area contributed by atoms with E-state index in [0.717, 1.165) is 12.8 Å². The number of pyridine rings is 1. The zero-order chi connectivity index (χ0) is 12.9. The first-order valence-electron chi connectivity index (χ1n) is 5.32. The van der Waals surface area contributed by atoms with Crippen molar-refractivity contribution < 1.29 is 8.42 Å². The lowest BCUT2D eigenvalue weighted by Gasteiger charge is -2.17. The molecule has 0 unspecified atom stereocenters. The van der Waals surface area contributed by atoms with E-state index in [4.69, 9.17) is 0 Å². The molecule has 0 amide bonds. The normalized spacial score (nSPS) is 11.8. The van der Waals surface area contributed by atoms with Crippen molar-refractivity contribution in [3.8, 4) is 0 Å². The van der Waals surface area contributed by atoms with Crippen molar-refractivity contribution in [2.24, 2.45) is 0 Å². The Hall–Kier alpha value is -0.660. The van der Waals surface area contributed by atoms with Gasteiger partial charge < -0.3 is 0 Å². The highest BCUT2D eigenvalue weighted by Gasteiger charge is 2.17. The molecule has 96 valence electrons. The molecule has 1 aromatic rings. The van der Waals surface area contributed by atoms with Gasteiger partial charge >= 0.3 is 10.2 Å². The summed E-state index contributed by atoms with van der Waals surface area (Å²) in [5.74, 6) is 0.308. The van der Waals surface area contributed by atoms with Crippen LogP contribution < -0.4 is 4.72 Å². The molecule has 0 aliphatic rings. The third kappa shape index (κ3) is 4.61. The molecule has 0 saturated carbocycles. The van der Waals surface area contributed by atoms with E-state index < -0.39 is 10.2 Å². The summed E-state index contributed by atoms with van der Waals surface area (Å²) in [5, 5.41) is 0. The molecule has 0 aliphatic carbocycles. The van der Waals surface area contributed by atoms with Gasteiger partial charge in [0.25, 0.3) is 0 Å². The minimum absolute atomic E-state index is 0.308. The van der Waals surface area contributed by atoms with Gasteiger partial charge in [-0.2, -0.15) is 12.7 Å². The van der Waals surface area contributed by atoms with E-state index in [9.17, 15) is 8.42 Å². The number of halogens is 1. The van der Waals surface area contributed by atoms with Crippen LogP contribution >= 0.6 is 15.9 Å². The van der Waals surface area contributed by atoms with Crippen molar-refractivity contribution in [2.45, 2.75) is 19.8 Å². The van der Waals surface area contributed by atoms with E-state index in [2.05, 4.69) is 25.6 Å². The number of hydrogen-bond acceptors (Lipinski definition) is 3. The predicted octanol–water partition coefficient (Wildman–Crippen LogP) is 2.23. The highest BCUT2D eigenvalue weighted by atomic mass is 79.9. The lowest BCUT2D eigenvalue weighted by Crippen LogP contribution is -2.33. The SMILES string of the molecule is CCCCN(C)S(=O)(=O)Nc1cccc(Br)n1. The van der Waals surface area contributed by atoms with Gasteiger partial charge in [-0.15, -0.1) is 0 Å². The fraction of sp³-hybridized carbons (Fsp3) is 0.500. The van der Waals surface area contributed by atoms with Gasteiger partial charge in [0.05, 0.1) is 0 Å². The Labute approximate surface area is 111 Å². The van der Waals surface area contributed by atoms with Gasteiger partial charge in [-0.3, -0.25) is 4.72 Å². The number of rotatable bonds is 6. The maximum absolute atomic E-state index is 11.9. The monoisotopic (exact) mass is 321 g/mol. The Kier molecular flexibility index (Phi) is 5.35. The number of nitrogens with one attached hydrogen (secondary N) is 1. The first kappa shape index (κ1) is 14.4. The molecule has 7 heteroatoms. The smallest absolute Gasteiger partial charge is 0.254 e. The number of unbranched alkanes of at least 4 members (excludes halogenated alkanes) is 1. The van der Waals surface area contributed by atoms with E-state index in [1.807, 2.05) is 6.92 Å². The number of nitrogens with zero attached hydrogens (tertiary/aromatic N) is 2. The summed E-state index contributed by atoms with van der Waals surface area (Å²) in [7, 11) is -1.95. The second kappa shape index (κ2) is 6.32. The average molecular weight is 322 g/mol. The van der Waals surface area contributed by atoms with Crippen molar-refractivity contribution >= 4 is 32.0 Å². The van der Waals surface area contributed by atoms with Gasteiger partial charge in [0, 0.05) is 13.6 Å². The van der Waals surface area contributed by atoms with E-state index in [1.165, 1.54) is 4.31 Å². The van der Waals surface area contributed by atoms with Crippen molar-refractivity contribution in [3.63, 3.8) is 0 Å². The third-order valence-electron chi connectivity index (χ3n) is 2.19. The van der Waals surface area contributed by atoms with Crippen LogP contribution in [0.3, 0.4) is 0 Å². The van der Waals surface area contributed by atoms with Crippen LogP contribution in [0.1, 0.15) is 19.8 Å². The van der Waals surface area contributed by atoms with Crippen molar-refractivity contribution in [1.29, 1.82) is 0 Å². The highest BCUT2D eigenvalue weighted by molar-refractivity contribution is 9.10. The third-order valence-corrected chi connectivity index (χ3v) is 4.10. The van der Waals surface area contributed by atoms with Gasteiger partial charge in [0.1, 0.15) is 10.4 Å². The largest absolute Gasteiger partial charge is 0.302 e. The molecule has 0 fully saturated rings. The van der Waals surface area contributed by atoms with E-state index in [0.29, 0.717) is 17.0 Å². The standard InChI is InChI=1S/C10H16BrN3O2S/c1-3-4-8-14(2)17(15,16)13-10-7-5-6-9(11)12-10/h5-7H,3-4,8H2,1-2H3,(H,12,13). The molecular weight excluding hydrogens is 306 g/mol. The van der Waals surface area contributed by atoms with Gasteiger partial charge in [0.2, 0.25) is 0 Å². The molecule has 0 atom stereocenters. The maximum atomic E-state index is 11.9. The maximum Gasteiger partial charge on any atom is 0.302 e. The summed E-state index contributed by atoms with van der Waals surface area (Å²) in [6.07, 6.45) is 1.79. The molecule has 0 bridgehead atoms. The fourth-order valence-electron chi connectivity index (χ4n) is 1.18. The zero-order valence-electron chi connectivity index (χ0n) is 9.85. The molecular formula is C10H16BrN3O2S. The Morgan fingerprint density at radius 1 is 1.47 bits per heavy atom. The topological polar surface area (TPSA) is 62.3 Å². The highest BCUT2D eigenvalue weighted by Crippen LogP contribution is 2.12. The van der Waals surface area contributed by atoms with Crippen LogP contribution in [0, 0.1) is 0 Å². The Bertz CT molecular complexity index is 464. The molecule has 0 aromatic carbocycles. The van der Waals surface area contributed by atoms with Gasteiger partial charge in [-0.05, 0) is 34.5 Å². The summed E-state index contributed by atoms with van der Waals surface area (Å²) in [4.78, 5) is 4.02. The zero-order valence-corrected chi connectivity index (χ0v) is 12.3. The van der Waals surface area contributed by atoms with Crippen LogP contribution in [0.4, 0.5) is 5.82 Å². The fourth-order valence-corrected chi connectivity index (χ4v) is 2.42. The molecule has 0 saturated heterocycles. The number of hydrogen-bond donors (Lipinski definition) is 1. The molecule has 1 heterocycles. The summed E-state index contributed by atoms with van der Waals surface area (Å²) in [5.41, 5.74) is 0. The number of aromatic nitrogens is 1. The van der Waals surface area contributed by atoms with Crippen LogP contribution in [0.15, 0.2) is 22.8 Å². The van der Waals surface area contributed by atoms with E-state index >= 15 is 0 Å². The molecule has 0 radical (unpaired) electrons. The molecule has 0 spiro atoms. The summed E-state index contributed by atoms with van der Waals surface area (Å²) < 4.78 is 28.1. The molecule has 1 rings (SSSR count). The van der Waals surface area contributed by atoms with Gasteiger partial charge in [0.15, 0.2) is 0 Å². The average Bonchev–Trinajstić information content (AvgIpc) is 2.25. The molecule has 5 nitrogen and oxygen atoms in total. The lowest BCUT2D eigenvalue weighted by atomic mass is 10.3. The molecule has 1 N–H and O–H groups in total. The molecule has 0 aliphatic heterocycles. The minimum Gasteiger partial charge on any atom is -0.254 e. The van der Waals surface area contributed by atoms with Crippen LogP contribution in [0.25, 0.3) is 0 Å². The predicted molar refractivity (Wildman–Crippen MR) is 72.0 cm³/mol.